The van der Waals surface area contributed by atoms with Crippen LogP contribution in [0.1, 0.15) is 46.0 Å². The lowest BCUT2D eigenvalue weighted by atomic mass is 10.2. The lowest BCUT2D eigenvalue weighted by Gasteiger charge is -2.26. The third-order valence-corrected chi connectivity index (χ3v) is 5.57. The molecule has 0 unspecified atom stereocenters. The number of amides is 1. The van der Waals surface area contributed by atoms with E-state index in [1.54, 1.807) is 12.1 Å². The molecule has 6 nitrogen and oxygen atoms in total. The second-order valence-electron chi connectivity index (χ2n) is 6.77. The number of hydrogen-bond donors (Lipinski definition) is 1. The fourth-order valence-corrected chi connectivity index (χ4v) is 4.34. The topological polar surface area (TPSA) is 75.7 Å². The predicted octanol–water partition coefficient (Wildman–Crippen LogP) is 3.01. The average Bonchev–Trinajstić information content (AvgIpc) is 3.01. The fourth-order valence-electron chi connectivity index (χ4n) is 3.16. The molecule has 0 radical (unpaired) electrons. The normalized spacial score (nSPS) is 15.7. The SMILES string of the molecule is CC(C)Oc1ccccc1NC(=O)CCN(C1CCCC1)S(C)(=O)=O. The molecule has 1 aromatic carbocycles. The molecule has 1 aromatic rings. The third kappa shape index (κ3) is 6.01. The minimum atomic E-state index is -3.31. The van der Waals surface area contributed by atoms with Crippen LogP contribution in [0.4, 0.5) is 5.69 Å². The van der Waals surface area contributed by atoms with E-state index in [1.165, 1.54) is 10.6 Å². The highest BCUT2D eigenvalue weighted by Gasteiger charge is 2.29. The quantitative estimate of drug-likeness (QED) is 0.765. The molecule has 140 valence electrons. The molecule has 25 heavy (non-hydrogen) atoms. The zero-order valence-corrected chi connectivity index (χ0v) is 16.0. The maximum absolute atomic E-state index is 12.3. The number of nitrogens with zero attached hydrogens (tertiary/aromatic N) is 1. The third-order valence-electron chi connectivity index (χ3n) is 4.24. The molecule has 7 heteroatoms. The van der Waals surface area contributed by atoms with E-state index in [-0.39, 0.29) is 31.0 Å². The molecule has 0 saturated heterocycles. The Balaban J connectivity index is 1.98. The molecule has 1 saturated carbocycles. The highest BCUT2D eigenvalue weighted by molar-refractivity contribution is 7.88. The van der Waals surface area contributed by atoms with Gasteiger partial charge in [0.15, 0.2) is 0 Å². The number of hydrogen-bond acceptors (Lipinski definition) is 4. The molecular formula is C18H28N2O4S. The molecule has 1 fully saturated rings. The monoisotopic (exact) mass is 368 g/mol. The standard InChI is InChI=1S/C18H28N2O4S/c1-14(2)24-17-11-7-6-10-16(17)19-18(21)12-13-20(25(3,22)23)15-8-4-5-9-15/h6-7,10-11,14-15H,4-5,8-9,12-13H2,1-3H3,(H,19,21). The van der Waals surface area contributed by atoms with Gasteiger partial charge in [-0.25, -0.2) is 8.42 Å². The van der Waals surface area contributed by atoms with Crippen LogP contribution in [0.5, 0.6) is 5.75 Å². The maximum Gasteiger partial charge on any atom is 0.225 e. The number of nitrogens with one attached hydrogen (secondary N) is 1. The van der Waals surface area contributed by atoms with Crippen LogP contribution in [-0.2, 0) is 14.8 Å². The van der Waals surface area contributed by atoms with Gasteiger partial charge in [-0.15, -0.1) is 0 Å². The van der Waals surface area contributed by atoms with Gasteiger partial charge in [0.25, 0.3) is 0 Å². The number of sulfonamides is 1. The van der Waals surface area contributed by atoms with Crippen molar-refractivity contribution in [3.05, 3.63) is 24.3 Å². The molecule has 0 bridgehead atoms. The number of rotatable bonds is 8. The Labute approximate surface area is 150 Å². The summed E-state index contributed by atoms with van der Waals surface area (Å²) in [5, 5.41) is 2.83. The molecule has 0 atom stereocenters. The van der Waals surface area contributed by atoms with Gasteiger partial charge < -0.3 is 10.1 Å². The maximum atomic E-state index is 12.3. The molecule has 2 rings (SSSR count). The number of para-hydroxylation sites is 2. The summed E-state index contributed by atoms with van der Waals surface area (Å²) in [6, 6.07) is 7.28. The van der Waals surface area contributed by atoms with Crippen LogP contribution in [-0.4, -0.2) is 43.6 Å². The van der Waals surface area contributed by atoms with E-state index in [1.807, 2.05) is 26.0 Å². The van der Waals surface area contributed by atoms with Crippen molar-refractivity contribution in [2.45, 2.75) is 58.1 Å². The Kier molecular flexibility index (Phi) is 6.84. The Bertz CT molecular complexity index is 682. The van der Waals surface area contributed by atoms with Crippen molar-refractivity contribution in [1.82, 2.24) is 4.31 Å². The van der Waals surface area contributed by atoms with E-state index < -0.39 is 10.0 Å². The lowest BCUT2D eigenvalue weighted by Crippen LogP contribution is -2.39. The van der Waals surface area contributed by atoms with Gasteiger partial charge in [0.2, 0.25) is 15.9 Å². The van der Waals surface area contributed by atoms with E-state index in [9.17, 15) is 13.2 Å². The number of carbonyl (C=O) groups excluding carboxylic acids is 1. The highest BCUT2D eigenvalue weighted by Crippen LogP contribution is 2.27. The zero-order chi connectivity index (χ0) is 18.4. The van der Waals surface area contributed by atoms with Crippen LogP contribution in [0.2, 0.25) is 0 Å². The first kappa shape index (κ1) is 19.7. The number of anilines is 1. The van der Waals surface area contributed by atoms with Crippen LogP contribution in [0.3, 0.4) is 0 Å². The molecule has 1 aliphatic rings. The van der Waals surface area contributed by atoms with Gasteiger partial charge in [-0.05, 0) is 38.8 Å². The molecule has 0 aromatic heterocycles. The lowest BCUT2D eigenvalue weighted by molar-refractivity contribution is -0.116. The van der Waals surface area contributed by atoms with Crippen molar-refractivity contribution in [3.63, 3.8) is 0 Å². The Morgan fingerprint density at radius 3 is 2.52 bits per heavy atom. The Morgan fingerprint density at radius 2 is 1.92 bits per heavy atom. The van der Waals surface area contributed by atoms with Crippen LogP contribution in [0, 0.1) is 0 Å². The van der Waals surface area contributed by atoms with E-state index >= 15 is 0 Å². The summed E-state index contributed by atoms with van der Waals surface area (Å²) in [5.74, 6) is 0.396. The molecule has 1 aliphatic carbocycles. The second-order valence-corrected chi connectivity index (χ2v) is 8.71. The predicted molar refractivity (Wildman–Crippen MR) is 99.3 cm³/mol. The second kappa shape index (κ2) is 8.67. The summed E-state index contributed by atoms with van der Waals surface area (Å²) >= 11 is 0. The van der Waals surface area contributed by atoms with Crippen molar-refractivity contribution >= 4 is 21.6 Å². The summed E-state index contributed by atoms with van der Waals surface area (Å²) in [7, 11) is -3.31. The van der Waals surface area contributed by atoms with Crippen molar-refractivity contribution in [2.75, 3.05) is 18.1 Å². The van der Waals surface area contributed by atoms with Gasteiger partial charge >= 0.3 is 0 Å². The first-order valence-corrected chi connectivity index (χ1v) is 10.6. The van der Waals surface area contributed by atoms with Crippen LogP contribution >= 0.6 is 0 Å². The van der Waals surface area contributed by atoms with Crippen LogP contribution in [0.25, 0.3) is 0 Å². The molecule has 0 spiro atoms. The summed E-state index contributed by atoms with van der Waals surface area (Å²) in [5.41, 5.74) is 0.605. The summed E-state index contributed by atoms with van der Waals surface area (Å²) in [4.78, 5) is 12.3. The van der Waals surface area contributed by atoms with Crippen molar-refractivity contribution < 1.29 is 17.9 Å². The number of ether oxygens (including phenoxy) is 1. The number of benzene rings is 1. The summed E-state index contributed by atoms with van der Waals surface area (Å²) in [6.07, 6.45) is 5.18. The van der Waals surface area contributed by atoms with Crippen LogP contribution < -0.4 is 10.1 Å². The summed E-state index contributed by atoms with van der Waals surface area (Å²) < 4.78 is 31.2. The molecule has 0 heterocycles. The minimum absolute atomic E-state index is 0.00106. The van der Waals surface area contributed by atoms with Crippen molar-refractivity contribution in [2.24, 2.45) is 0 Å². The average molecular weight is 368 g/mol. The molecule has 1 amide bonds. The van der Waals surface area contributed by atoms with Gasteiger partial charge in [-0.3, -0.25) is 4.79 Å². The first-order chi connectivity index (χ1) is 11.8. The molecular weight excluding hydrogens is 340 g/mol. The molecule has 0 aliphatic heterocycles. The molecule has 1 N–H and O–H groups in total. The van der Waals surface area contributed by atoms with E-state index in [4.69, 9.17) is 4.74 Å². The van der Waals surface area contributed by atoms with Gasteiger partial charge in [-0.1, -0.05) is 25.0 Å². The van der Waals surface area contributed by atoms with Gasteiger partial charge in [0.1, 0.15) is 5.75 Å². The van der Waals surface area contributed by atoms with Gasteiger partial charge in [0, 0.05) is 19.0 Å². The number of carbonyl (C=O) groups is 1. The smallest absolute Gasteiger partial charge is 0.225 e. The van der Waals surface area contributed by atoms with Gasteiger partial charge in [0.05, 0.1) is 18.0 Å². The van der Waals surface area contributed by atoms with Crippen LogP contribution in [0.15, 0.2) is 24.3 Å². The highest BCUT2D eigenvalue weighted by atomic mass is 32.2. The summed E-state index contributed by atoms with van der Waals surface area (Å²) in [6.45, 7) is 4.05. The fraction of sp³-hybridized carbons (Fsp3) is 0.611. The zero-order valence-electron chi connectivity index (χ0n) is 15.2. The van der Waals surface area contributed by atoms with Gasteiger partial charge in [-0.2, -0.15) is 4.31 Å². The first-order valence-electron chi connectivity index (χ1n) is 8.79. The van der Waals surface area contributed by atoms with E-state index in [0.717, 1.165) is 25.7 Å². The Hall–Kier alpha value is -1.60. The van der Waals surface area contributed by atoms with Crippen molar-refractivity contribution in [1.29, 1.82) is 0 Å². The van der Waals surface area contributed by atoms with Crippen molar-refractivity contribution in [3.8, 4) is 5.75 Å². The van der Waals surface area contributed by atoms with E-state index in [2.05, 4.69) is 5.32 Å². The van der Waals surface area contributed by atoms with E-state index in [0.29, 0.717) is 11.4 Å². The Morgan fingerprint density at radius 1 is 1.28 bits per heavy atom. The largest absolute Gasteiger partial charge is 0.489 e. The minimum Gasteiger partial charge on any atom is -0.489 e.